The molecular formula is C16H24F2N2OS. The Balaban J connectivity index is 1.48. The molecule has 1 aromatic rings. The van der Waals surface area contributed by atoms with Gasteiger partial charge in [0.25, 0.3) is 0 Å². The second-order valence-electron chi connectivity index (χ2n) is 6.37. The molecule has 2 heterocycles. The summed E-state index contributed by atoms with van der Waals surface area (Å²) in [5.41, 5.74) is 1.08. The minimum absolute atomic E-state index is 0.0720. The van der Waals surface area contributed by atoms with Gasteiger partial charge in [0, 0.05) is 18.0 Å². The molecule has 0 bridgehead atoms. The number of halogens is 2. The average Bonchev–Trinajstić information content (AvgIpc) is 2.94. The van der Waals surface area contributed by atoms with Crippen LogP contribution >= 0.6 is 11.3 Å². The lowest BCUT2D eigenvalue weighted by molar-refractivity contribution is -0.137. The van der Waals surface area contributed by atoms with Gasteiger partial charge in [-0.05, 0) is 25.3 Å². The molecule has 0 unspecified atom stereocenters. The van der Waals surface area contributed by atoms with Crippen LogP contribution in [-0.4, -0.2) is 29.6 Å². The van der Waals surface area contributed by atoms with Crippen molar-refractivity contribution in [2.24, 2.45) is 5.92 Å². The minimum Gasteiger partial charge on any atom is -0.316 e. The van der Waals surface area contributed by atoms with Crippen LogP contribution in [-0.2, 0) is 24.3 Å². The van der Waals surface area contributed by atoms with Gasteiger partial charge in [0.05, 0.1) is 5.69 Å². The third-order valence-corrected chi connectivity index (χ3v) is 5.89. The number of alkyl halides is 2. The number of aromatic nitrogens is 1. The quantitative estimate of drug-likeness (QED) is 0.781. The maximum atomic E-state index is 12.1. The van der Waals surface area contributed by atoms with Crippen molar-refractivity contribution < 1.29 is 13.5 Å². The van der Waals surface area contributed by atoms with Gasteiger partial charge in [0.1, 0.15) is 11.6 Å². The van der Waals surface area contributed by atoms with Crippen LogP contribution in [0.25, 0.3) is 0 Å². The number of fused-ring (bicyclic) bond motifs is 1. The summed E-state index contributed by atoms with van der Waals surface area (Å²) in [6.45, 7) is 0.291. The summed E-state index contributed by atoms with van der Waals surface area (Å²) in [5, 5.41) is 0.680. The Morgan fingerprint density at radius 1 is 1.27 bits per heavy atom. The molecule has 1 aliphatic heterocycles. The van der Waals surface area contributed by atoms with Crippen molar-refractivity contribution in [3.63, 3.8) is 0 Å². The zero-order valence-corrected chi connectivity index (χ0v) is 13.7. The Morgan fingerprint density at radius 2 is 2.09 bits per heavy atom. The molecule has 0 N–H and O–H groups in total. The Kier molecular flexibility index (Phi) is 5.77. The highest BCUT2D eigenvalue weighted by Crippen LogP contribution is 2.29. The summed E-state index contributed by atoms with van der Waals surface area (Å²) < 4.78 is 28.5. The van der Waals surface area contributed by atoms with E-state index in [1.165, 1.54) is 54.7 Å². The molecule has 1 aromatic heterocycles. The average molecular weight is 330 g/mol. The molecule has 3 nitrogen and oxygen atoms in total. The Bertz CT molecular complexity index is 475. The van der Waals surface area contributed by atoms with Crippen molar-refractivity contribution in [1.82, 2.24) is 9.88 Å². The van der Waals surface area contributed by atoms with E-state index in [4.69, 9.17) is 0 Å². The van der Waals surface area contributed by atoms with Gasteiger partial charge in [-0.1, -0.05) is 32.1 Å². The van der Waals surface area contributed by atoms with Gasteiger partial charge >= 0.3 is 6.61 Å². The molecule has 124 valence electrons. The standard InChI is InChI=1S/C16H24F2N2OS/c17-16(18)21-11-15-19-13-10-20(9-7-14(13)22-15)8-6-12-4-2-1-3-5-12/h12,16H,1-11H2. The highest BCUT2D eigenvalue weighted by atomic mass is 32.1. The third kappa shape index (κ3) is 4.46. The van der Waals surface area contributed by atoms with Crippen molar-refractivity contribution in [1.29, 1.82) is 0 Å². The number of nitrogens with zero attached hydrogens (tertiary/aromatic N) is 2. The fraction of sp³-hybridized carbons (Fsp3) is 0.812. The first-order valence-electron chi connectivity index (χ1n) is 8.30. The monoisotopic (exact) mass is 330 g/mol. The molecule has 0 spiro atoms. The van der Waals surface area contributed by atoms with E-state index in [1.807, 2.05) is 0 Å². The predicted molar refractivity (Wildman–Crippen MR) is 83.1 cm³/mol. The van der Waals surface area contributed by atoms with Crippen LogP contribution in [0.2, 0.25) is 0 Å². The van der Waals surface area contributed by atoms with Gasteiger partial charge in [0.2, 0.25) is 0 Å². The smallest absolute Gasteiger partial charge is 0.316 e. The van der Waals surface area contributed by atoms with Crippen molar-refractivity contribution in [3.05, 3.63) is 15.6 Å². The number of thiazole rings is 1. The normalized spacial score (nSPS) is 20.5. The van der Waals surface area contributed by atoms with E-state index >= 15 is 0 Å². The lowest BCUT2D eigenvalue weighted by atomic mass is 9.87. The maximum Gasteiger partial charge on any atom is 0.345 e. The van der Waals surface area contributed by atoms with Crippen LogP contribution in [0.5, 0.6) is 0 Å². The Hall–Kier alpha value is -0.590. The molecule has 1 fully saturated rings. The number of hydrogen-bond acceptors (Lipinski definition) is 4. The molecule has 2 aliphatic rings. The molecule has 22 heavy (non-hydrogen) atoms. The fourth-order valence-electron chi connectivity index (χ4n) is 3.53. The fourth-order valence-corrected chi connectivity index (χ4v) is 4.52. The summed E-state index contributed by atoms with van der Waals surface area (Å²) in [5.74, 6) is 0.903. The lowest BCUT2D eigenvalue weighted by Gasteiger charge is -2.29. The highest BCUT2D eigenvalue weighted by molar-refractivity contribution is 7.11. The summed E-state index contributed by atoms with van der Waals surface area (Å²) in [7, 11) is 0. The van der Waals surface area contributed by atoms with Crippen LogP contribution in [0.3, 0.4) is 0 Å². The first-order chi connectivity index (χ1) is 10.7. The van der Waals surface area contributed by atoms with Crippen molar-refractivity contribution in [3.8, 4) is 0 Å². The summed E-state index contributed by atoms with van der Waals surface area (Å²) in [4.78, 5) is 8.20. The number of rotatable bonds is 6. The van der Waals surface area contributed by atoms with Crippen LogP contribution < -0.4 is 0 Å². The molecule has 0 saturated heterocycles. The molecule has 0 aromatic carbocycles. The molecule has 0 radical (unpaired) electrons. The first-order valence-corrected chi connectivity index (χ1v) is 9.12. The Labute approximate surface area is 134 Å². The van der Waals surface area contributed by atoms with E-state index in [0.29, 0.717) is 5.01 Å². The van der Waals surface area contributed by atoms with Crippen LogP contribution in [0.4, 0.5) is 8.78 Å². The highest BCUT2D eigenvalue weighted by Gasteiger charge is 2.22. The van der Waals surface area contributed by atoms with Crippen molar-refractivity contribution in [2.45, 2.75) is 64.7 Å². The first kappa shape index (κ1) is 16.3. The predicted octanol–water partition coefficient (Wildman–Crippen LogP) is 4.21. The third-order valence-electron chi connectivity index (χ3n) is 4.76. The molecule has 1 saturated carbocycles. The minimum atomic E-state index is -2.71. The van der Waals surface area contributed by atoms with Crippen LogP contribution in [0.1, 0.15) is 54.1 Å². The van der Waals surface area contributed by atoms with E-state index < -0.39 is 6.61 Å². The number of hydrogen-bond donors (Lipinski definition) is 0. The molecule has 1 aliphatic carbocycles. The van der Waals surface area contributed by atoms with Crippen molar-refractivity contribution in [2.75, 3.05) is 13.1 Å². The second kappa shape index (κ2) is 7.79. The Morgan fingerprint density at radius 3 is 2.86 bits per heavy atom. The van der Waals surface area contributed by atoms with Gasteiger partial charge in [-0.2, -0.15) is 8.78 Å². The molecular weight excluding hydrogens is 306 g/mol. The number of ether oxygens (including phenoxy) is 1. The zero-order valence-electron chi connectivity index (χ0n) is 12.9. The van der Waals surface area contributed by atoms with Crippen LogP contribution in [0, 0.1) is 5.92 Å². The zero-order chi connectivity index (χ0) is 15.4. The molecule has 3 rings (SSSR count). The van der Waals surface area contributed by atoms with E-state index in [9.17, 15) is 8.78 Å². The largest absolute Gasteiger partial charge is 0.345 e. The van der Waals surface area contributed by atoms with Gasteiger partial charge in [-0.15, -0.1) is 11.3 Å². The van der Waals surface area contributed by atoms with Gasteiger partial charge in [-0.25, -0.2) is 4.98 Å². The van der Waals surface area contributed by atoms with E-state index in [-0.39, 0.29) is 6.61 Å². The van der Waals surface area contributed by atoms with E-state index in [1.54, 1.807) is 0 Å². The van der Waals surface area contributed by atoms with Gasteiger partial charge in [0.15, 0.2) is 0 Å². The second-order valence-corrected chi connectivity index (χ2v) is 7.54. The maximum absolute atomic E-state index is 12.1. The van der Waals surface area contributed by atoms with E-state index in [0.717, 1.165) is 37.7 Å². The molecule has 0 amide bonds. The lowest BCUT2D eigenvalue weighted by Crippen LogP contribution is -2.32. The van der Waals surface area contributed by atoms with Crippen molar-refractivity contribution >= 4 is 11.3 Å². The summed E-state index contributed by atoms with van der Waals surface area (Å²) in [6, 6.07) is 0. The molecule has 6 heteroatoms. The topological polar surface area (TPSA) is 25.4 Å². The van der Waals surface area contributed by atoms with Gasteiger partial charge in [-0.3, -0.25) is 4.90 Å². The SMILES string of the molecule is FC(F)OCc1nc2c(s1)CCN(CCC1CCCCC1)C2. The molecule has 0 atom stereocenters. The van der Waals surface area contributed by atoms with E-state index in [2.05, 4.69) is 14.6 Å². The van der Waals surface area contributed by atoms with Crippen LogP contribution in [0.15, 0.2) is 0 Å². The summed E-state index contributed by atoms with van der Waals surface area (Å²) in [6.07, 6.45) is 9.28. The summed E-state index contributed by atoms with van der Waals surface area (Å²) >= 11 is 1.53. The van der Waals surface area contributed by atoms with Gasteiger partial charge < -0.3 is 4.74 Å².